The van der Waals surface area contributed by atoms with Crippen molar-refractivity contribution in [2.45, 2.75) is 33.3 Å². The molecule has 5 amide bonds. The summed E-state index contributed by atoms with van der Waals surface area (Å²) in [5.41, 5.74) is 3.14. The smallest absolute Gasteiger partial charge is 0.335 e. The molecular weight excluding hydrogens is 498 g/mol. The van der Waals surface area contributed by atoms with Gasteiger partial charge in [0.2, 0.25) is 5.91 Å². The van der Waals surface area contributed by atoms with Crippen molar-refractivity contribution in [1.82, 2.24) is 5.32 Å². The van der Waals surface area contributed by atoms with Crippen molar-refractivity contribution in [2.75, 3.05) is 17.3 Å². The average Bonchev–Trinajstić information content (AvgIpc) is 2.90. The highest BCUT2D eigenvalue weighted by atomic mass is 16.5. The lowest BCUT2D eigenvalue weighted by atomic mass is 10.0. The Hall–Kier alpha value is -4.92. The zero-order chi connectivity index (χ0) is 28.1. The molecule has 9 nitrogen and oxygen atoms in total. The number of benzene rings is 3. The summed E-state index contributed by atoms with van der Waals surface area (Å²) in [6, 6.07) is 18.4. The number of urea groups is 1. The topological polar surface area (TPSA) is 114 Å². The summed E-state index contributed by atoms with van der Waals surface area (Å²) in [6.07, 6.45) is 1.44. The fourth-order valence-corrected chi connectivity index (χ4v) is 4.07. The predicted octanol–water partition coefficient (Wildman–Crippen LogP) is 5.02. The third-order valence-corrected chi connectivity index (χ3v) is 6.10. The highest BCUT2D eigenvalue weighted by Gasteiger charge is 2.36. The highest BCUT2D eigenvalue weighted by molar-refractivity contribution is 6.39. The predicted molar refractivity (Wildman–Crippen MR) is 148 cm³/mol. The number of carbonyl (C=O) groups is 4. The first-order chi connectivity index (χ1) is 18.7. The number of carbonyl (C=O) groups excluding carboxylic acids is 4. The molecule has 200 valence electrons. The number of amides is 5. The SMILES string of the molecule is COc1ccc(/C=C2\C(=O)NC(=O)N(c3ccc(C(C)C)cc3)C2=O)cc1COc1ccc(NC(C)=O)cc1. The van der Waals surface area contributed by atoms with Gasteiger partial charge in [0.25, 0.3) is 11.8 Å². The first-order valence-electron chi connectivity index (χ1n) is 12.3. The van der Waals surface area contributed by atoms with Crippen LogP contribution in [-0.2, 0) is 21.0 Å². The van der Waals surface area contributed by atoms with E-state index in [2.05, 4.69) is 10.6 Å². The summed E-state index contributed by atoms with van der Waals surface area (Å²) in [4.78, 5) is 50.6. The lowest BCUT2D eigenvalue weighted by molar-refractivity contribution is -0.122. The maximum atomic E-state index is 13.3. The number of nitrogens with zero attached hydrogens (tertiary/aromatic N) is 1. The molecule has 1 aliphatic rings. The normalized spacial score (nSPS) is 14.4. The Morgan fingerprint density at radius 1 is 1.00 bits per heavy atom. The van der Waals surface area contributed by atoms with Crippen LogP contribution >= 0.6 is 0 Å². The van der Waals surface area contributed by atoms with Crippen LogP contribution in [-0.4, -0.2) is 30.9 Å². The molecule has 3 aromatic carbocycles. The lowest BCUT2D eigenvalue weighted by Gasteiger charge is -2.26. The maximum absolute atomic E-state index is 13.3. The van der Waals surface area contributed by atoms with Gasteiger partial charge in [0, 0.05) is 18.2 Å². The lowest BCUT2D eigenvalue weighted by Crippen LogP contribution is -2.54. The summed E-state index contributed by atoms with van der Waals surface area (Å²) in [6.45, 7) is 5.67. The zero-order valence-corrected chi connectivity index (χ0v) is 22.1. The van der Waals surface area contributed by atoms with E-state index >= 15 is 0 Å². The van der Waals surface area contributed by atoms with E-state index in [1.165, 1.54) is 20.1 Å². The fraction of sp³-hybridized carbons (Fsp3) is 0.200. The molecule has 0 atom stereocenters. The van der Waals surface area contributed by atoms with Crippen molar-refractivity contribution < 1.29 is 28.7 Å². The molecule has 0 bridgehead atoms. The molecule has 0 saturated carbocycles. The van der Waals surface area contributed by atoms with E-state index in [1.54, 1.807) is 54.6 Å². The molecule has 9 heteroatoms. The zero-order valence-electron chi connectivity index (χ0n) is 22.1. The van der Waals surface area contributed by atoms with Crippen LogP contribution in [0.1, 0.15) is 43.4 Å². The van der Waals surface area contributed by atoms with E-state index < -0.39 is 17.8 Å². The van der Waals surface area contributed by atoms with Gasteiger partial charge in [-0.3, -0.25) is 19.7 Å². The minimum Gasteiger partial charge on any atom is -0.496 e. The van der Waals surface area contributed by atoms with Crippen molar-refractivity contribution >= 4 is 41.2 Å². The second kappa shape index (κ2) is 11.6. The van der Waals surface area contributed by atoms with Crippen LogP contribution in [0, 0.1) is 0 Å². The first kappa shape index (κ1) is 27.1. The standard InChI is InChI=1S/C30H29N3O6/c1-18(2)21-6-10-24(11-7-21)33-29(36)26(28(35)32-30(33)37)16-20-5-14-27(38-4)22(15-20)17-39-25-12-8-23(9-13-25)31-19(3)34/h5-16,18H,17H2,1-4H3,(H,31,34)(H,32,35,37)/b26-16+. The number of rotatable bonds is 8. The number of hydrogen-bond donors (Lipinski definition) is 2. The molecule has 0 aliphatic carbocycles. The molecule has 1 aliphatic heterocycles. The Morgan fingerprint density at radius 3 is 2.31 bits per heavy atom. The van der Waals surface area contributed by atoms with Gasteiger partial charge in [-0.25, -0.2) is 9.69 Å². The van der Waals surface area contributed by atoms with Crippen LogP contribution in [0.15, 0.2) is 72.3 Å². The number of nitrogens with one attached hydrogen (secondary N) is 2. The Bertz CT molecular complexity index is 1440. The number of barbiturate groups is 1. The third kappa shape index (κ3) is 6.32. The highest BCUT2D eigenvalue weighted by Crippen LogP contribution is 2.27. The van der Waals surface area contributed by atoms with Crippen molar-refractivity contribution in [3.8, 4) is 11.5 Å². The molecule has 0 aromatic heterocycles. The molecule has 3 aromatic rings. The van der Waals surface area contributed by atoms with Crippen LogP contribution in [0.5, 0.6) is 11.5 Å². The molecule has 4 rings (SSSR count). The summed E-state index contributed by atoms with van der Waals surface area (Å²) in [5.74, 6) is -0.218. The molecular formula is C30H29N3O6. The Labute approximate surface area is 226 Å². The van der Waals surface area contributed by atoms with E-state index in [-0.39, 0.29) is 18.1 Å². The molecule has 39 heavy (non-hydrogen) atoms. The summed E-state index contributed by atoms with van der Waals surface area (Å²) in [7, 11) is 1.53. The van der Waals surface area contributed by atoms with Gasteiger partial charge in [0.15, 0.2) is 0 Å². The van der Waals surface area contributed by atoms with Gasteiger partial charge in [-0.05, 0) is 71.7 Å². The third-order valence-electron chi connectivity index (χ3n) is 6.10. The van der Waals surface area contributed by atoms with E-state index in [9.17, 15) is 19.2 Å². The number of imide groups is 2. The monoisotopic (exact) mass is 527 g/mol. The molecule has 2 N–H and O–H groups in total. The first-order valence-corrected chi connectivity index (χ1v) is 12.3. The Morgan fingerprint density at radius 2 is 1.69 bits per heavy atom. The fourth-order valence-electron chi connectivity index (χ4n) is 4.07. The van der Waals surface area contributed by atoms with Crippen LogP contribution in [0.3, 0.4) is 0 Å². The number of ether oxygens (including phenoxy) is 2. The van der Waals surface area contributed by atoms with E-state index in [1.807, 2.05) is 26.0 Å². The number of hydrogen-bond acceptors (Lipinski definition) is 6. The van der Waals surface area contributed by atoms with Crippen LogP contribution < -0.4 is 25.0 Å². The summed E-state index contributed by atoms with van der Waals surface area (Å²) >= 11 is 0. The largest absolute Gasteiger partial charge is 0.496 e. The average molecular weight is 528 g/mol. The maximum Gasteiger partial charge on any atom is 0.335 e. The number of anilines is 2. The molecule has 1 heterocycles. The van der Waals surface area contributed by atoms with Crippen LogP contribution in [0.2, 0.25) is 0 Å². The molecule has 1 saturated heterocycles. The molecule has 0 radical (unpaired) electrons. The Kier molecular flexibility index (Phi) is 8.10. The quantitative estimate of drug-likeness (QED) is 0.314. The van der Waals surface area contributed by atoms with Gasteiger partial charge in [-0.1, -0.05) is 32.0 Å². The van der Waals surface area contributed by atoms with E-state index in [0.29, 0.717) is 39.9 Å². The second-order valence-electron chi connectivity index (χ2n) is 9.27. The van der Waals surface area contributed by atoms with Crippen molar-refractivity contribution in [2.24, 2.45) is 0 Å². The summed E-state index contributed by atoms with van der Waals surface area (Å²) in [5, 5.41) is 4.94. The molecule has 0 spiro atoms. The van der Waals surface area contributed by atoms with E-state index in [0.717, 1.165) is 10.5 Å². The minimum absolute atomic E-state index is 0.145. The molecule has 0 unspecified atom stereocenters. The van der Waals surface area contributed by atoms with Gasteiger partial charge < -0.3 is 14.8 Å². The minimum atomic E-state index is -0.798. The Balaban J connectivity index is 1.56. The van der Waals surface area contributed by atoms with Crippen LogP contribution in [0.25, 0.3) is 6.08 Å². The van der Waals surface area contributed by atoms with Crippen LogP contribution in [0.4, 0.5) is 16.2 Å². The van der Waals surface area contributed by atoms with Crippen molar-refractivity contribution in [1.29, 1.82) is 0 Å². The van der Waals surface area contributed by atoms with Gasteiger partial charge in [-0.15, -0.1) is 0 Å². The summed E-state index contributed by atoms with van der Waals surface area (Å²) < 4.78 is 11.3. The van der Waals surface area contributed by atoms with Gasteiger partial charge in [0.05, 0.1) is 12.8 Å². The van der Waals surface area contributed by atoms with Gasteiger partial charge in [-0.2, -0.15) is 0 Å². The second-order valence-corrected chi connectivity index (χ2v) is 9.27. The van der Waals surface area contributed by atoms with E-state index in [4.69, 9.17) is 9.47 Å². The van der Waals surface area contributed by atoms with Crippen molar-refractivity contribution in [3.05, 3.63) is 89.0 Å². The number of methoxy groups -OCH3 is 1. The van der Waals surface area contributed by atoms with Gasteiger partial charge >= 0.3 is 6.03 Å². The molecule has 1 fully saturated rings. The van der Waals surface area contributed by atoms with Crippen molar-refractivity contribution in [3.63, 3.8) is 0 Å². The van der Waals surface area contributed by atoms with Gasteiger partial charge in [0.1, 0.15) is 23.7 Å².